The highest BCUT2D eigenvalue weighted by Gasteiger charge is 2.18. The topological polar surface area (TPSA) is 50.4 Å². The standard InChI is InChI=1S/C16H34N2O2/c1-6-8-9-10-11-12-17-13-14(7-2)18-15(19)20-16(3,4)5/h14,17H,6-13H2,1-5H3,(H,18,19). The van der Waals surface area contributed by atoms with Crippen molar-refractivity contribution in [1.82, 2.24) is 10.6 Å². The van der Waals surface area contributed by atoms with Crippen molar-refractivity contribution >= 4 is 6.09 Å². The zero-order chi connectivity index (χ0) is 15.4. The molecule has 1 unspecified atom stereocenters. The smallest absolute Gasteiger partial charge is 0.407 e. The largest absolute Gasteiger partial charge is 0.444 e. The second-order valence-electron chi connectivity index (χ2n) is 6.37. The van der Waals surface area contributed by atoms with E-state index in [0.29, 0.717) is 0 Å². The van der Waals surface area contributed by atoms with Gasteiger partial charge in [0.15, 0.2) is 0 Å². The molecule has 0 saturated heterocycles. The van der Waals surface area contributed by atoms with Crippen molar-refractivity contribution in [2.45, 2.75) is 84.8 Å². The lowest BCUT2D eigenvalue weighted by Gasteiger charge is -2.23. The van der Waals surface area contributed by atoms with E-state index in [9.17, 15) is 4.79 Å². The molecular formula is C16H34N2O2. The summed E-state index contributed by atoms with van der Waals surface area (Å²) in [5.74, 6) is 0. The van der Waals surface area contributed by atoms with Crippen LogP contribution in [0.2, 0.25) is 0 Å². The fourth-order valence-electron chi connectivity index (χ4n) is 1.90. The summed E-state index contributed by atoms with van der Waals surface area (Å²) in [6.45, 7) is 11.8. The van der Waals surface area contributed by atoms with E-state index in [1.54, 1.807) is 0 Å². The number of carbonyl (C=O) groups excluding carboxylic acids is 1. The summed E-state index contributed by atoms with van der Waals surface area (Å²) in [7, 11) is 0. The first-order valence-corrected chi connectivity index (χ1v) is 8.09. The molecule has 0 aromatic heterocycles. The lowest BCUT2D eigenvalue weighted by atomic mass is 10.1. The van der Waals surface area contributed by atoms with E-state index in [1.807, 2.05) is 20.8 Å². The van der Waals surface area contributed by atoms with Crippen LogP contribution in [-0.2, 0) is 4.74 Å². The molecule has 0 rings (SSSR count). The van der Waals surface area contributed by atoms with Gasteiger partial charge >= 0.3 is 6.09 Å². The van der Waals surface area contributed by atoms with Crippen molar-refractivity contribution in [3.63, 3.8) is 0 Å². The Kier molecular flexibility index (Phi) is 10.5. The number of ether oxygens (including phenoxy) is 1. The summed E-state index contributed by atoms with van der Waals surface area (Å²) in [5.41, 5.74) is -0.435. The highest BCUT2D eigenvalue weighted by molar-refractivity contribution is 5.68. The number of unbranched alkanes of at least 4 members (excludes halogenated alkanes) is 4. The molecule has 120 valence electrons. The number of hydrogen-bond donors (Lipinski definition) is 2. The molecule has 1 amide bonds. The van der Waals surface area contributed by atoms with Gasteiger partial charge in [0.25, 0.3) is 0 Å². The van der Waals surface area contributed by atoms with Gasteiger partial charge in [0, 0.05) is 12.6 Å². The van der Waals surface area contributed by atoms with Gasteiger partial charge in [-0.1, -0.05) is 39.5 Å². The van der Waals surface area contributed by atoms with Crippen LogP contribution in [0, 0.1) is 0 Å². The molecule has 0 heterocycles. The third kappa shape index (κ3) is 12.3. The van der Waals surface area contributed by atoms with E-state index >= 15 is 0 Å². The van der Waals surface area contributed by atoms with Gasteiger partial charge in [-0.15, -0.1) is 0 Å². The molecule has 0 aliphatic heterocycles. The number of carbonyl (C=O) groups is 1. The molecular weight excluding hydrogens is 252 g/mol. The van der Waals surface area contributed by atoms with Gasteiger partial charge < -0.3 is 15.4 Å². The van der Waals surface area contributed by atoms with Crippen LogP contribution in [-0.4, -0.2) is 30.8 Å². The lowest BCUT2D eigenvalue weighted by Crippen LogP contribution is -2.44. The number of hydrogen-bond acceptors (Lipinski definition) is 3. The van der Waals surface area contributed by atoms with Gasteiger partial charge in [0.1, 0.15) is 5.60 Å². The van der Waals surface area contributed by atoms with Gasteiger partial charge in [-0.3, -0.25) is 0 Å². The maximum atomic E-state index is 11.7. The van der Waals surface area contributed by atoms with Crippen LogP contribution in [0.1, 0.15) is 73.1 Å². The summed E-state index contributed by atoms with van der Waals surface area (Å²) in [6, 6.07) is 0.139. The van der Waals surface area contributed by atoms with Gasteiger partial charge in [-0.05, 0) is 40.2 Å². The van der Waals surface area contributed by atoms with Crippen LogP contribution >= 0.6 is 0 Å². The van der Waals surface area contributed by atoms with Crippen LogP contribution < -0.4 is 10.6 Å². The fourth-order valence-corrected chi connectivity index (χ4v) is 1.90. The fraction of sp³-hybridized carbons (Fsp3) is 0.938. The summed E-state index contributed by atoms with van der Waals surface area (Å²) in [6.07, 6.45) is 7.02. The van der Waals surface area contributed by atoms with E-state index in [2.05, 4.69) is 24.5 Å². The minimum atomic E-state index is -0.435. The summed E-state index contributed by atoms with van der Waals surface area (Å²) in [4.78, 5) is 11.7. The normalized spacial score (nSPS) is 13.1. The molecule has 4 nitrogen and oxygen atoms in total. The SMILES string of the molecule is CCCCCCCNCC(CC)NC(=O)OC(C)(C)C. The maximum Gasteiger partial charge on any atom is 0.407 e. The molecule has 0 spiro atoms. The van der Waals surface area contributed by atoms with Crippen LogP contribution in [0.15, 0.2) is 0 Å². The average molecular weight is 286 g/mol. The zero-order valence-corrected chi connectivity index (χ0v) is 14.1. The maximum absolute atomic E-state index is 11.7. The molecule has 1 atom stereocenters. The summed E-state index contributed by atoms with van der Waals surface area (Å²) in [5, 5.41) is 6.32. The Morgan fingerprint density at radius 2 is 1.75 bits per heavy atom. The Balaban J connectivity index is 3.69. The predicted octanol–water partition coefficient (Wildman–Crippen LogP) is 3.85. The minimum absolute atomic E-state index is 0.139. The third-order valence-electron chi connectivity index (χ3n) is 3.06. The van der Waals surface area contributed by atoms with E-state index < -0.39 is 5.60 Å². The van der Waals surface area contributed by atoms with Gasteiger partial charge in [-0.25, -0.2) is 4.79 Å². The Bertz CT molecular complexity index is 249. The van der Waals surface area contributed by atoms with E-state index in [0.717, 1.165) is 19.5 Å². The van der Waals surface area contributed by atoms with E-state index in [-0.39, 0.29) is 12.1 Å². The van der Waals surface area contributed by atoms with Crippen LogP contribution in [0.4, 0.5) is 4.79 Å². The lowest BCUT2D eigenvalue weighted by molar-refractivity contribution is 0.0502. The van der Waals surface area contributed by atoms with Crippen LogP contribution in [0.25, 0.3) is 0 Å². The van der Waals surface area contributed by atoms with Crippen molar-refractivity contribution in [3.05, 3.63) is 0 Å². The molecule has 0 fully saturated rings. The molecule has 4 heteroatoms. The molecule has 20 heavy (non-hydrogen) atoms. The highest BCUT2D eigenvalue weighted by atomic mass is 16.6. The Morgan fingerprint density at radius 1 is 1.10 bits per heavy atom. The van der Waals surface area contributed by atoms with E-state index in [1.165, 1.54) is 32.1 Å². The number of nitrogens with one attached hydrogen (secondary N) is 2. The number of rotatable bonds is 10. The molecule has 0 bridgehead atoms. The molecule has 0 aromatic rings. The molecule has 0 radical (unpaired) electrons. The molecule has 0 saturated carbocycles. The highest BCUT2D eigenvalue weighted by Crippen LogP contribution is 2.07. The number of alkyl carbamates (subject to hydrolysis) is 1. The van der Waals surface area contributed by atoms with Crippen molar-refractivity contribution in [2.75, 3.05) is 13.1 Å². The summed E-state index contributed by atoms with van der Waals surface area (Å²) < 4.78 is 5.26. The first-order chi connectivity index (χ1) is 9.39. The van der Waals surface area contributed by atoms with Gasteiger partial charge in [0.2, 0.25) is 0 Å². The zero-order valence-electron chi connectivity index (χ0n) is 14.1. The first-order valence-electron chi connectivity index (χ1n) is 8.09. The quantitative estimate of drug-likeness (QED) is 0.600. The summed E-state index contributed by atoms with van der Waals surface area (Å²) >= 11 is 0. The monoisotopic (exact) mass is 286 g/mol. The Morgan fingerprint density at radius 3 is 2.30 bits per heavy atom. The van der Waals surface area contributed by atoms with E-state index in [4.69, 9.17) is 4.74 Å². The third-order valence-corrected chi connectivity index (χ3v) is 3.06. The molecule has 0 aromatic carbocycles. The molecule has 2 N–H and O–H groups in total. The van der Waals surface area contributed by atoms with Gasteiger partial charge in [0.05, 0.1) is 0 Å². The predicted molar refractivity (Wildman–Crippen MR) is 85.1 cm³/mol. The second-order valence-corrected chi connectivity index (χ2v) is 6.37. The second kappa shape index (κ2) is 11.0. The van der Waals surface area contributed by atoms with Crippen molar-refractivity contribution in [1.29, 1.82) is 0 Å². The van der Waals surface area contributed by atoms with Gasteiger partial charge in [-0.2, -0.15) is 0 Å². The van der Waals surface area contributed by atoms with Crippen LogP contribution in [0.3, 0.4) is 0 Å². The number of amides is 1. The van der Waals surface area contributed by atoms with Crippen molar-refractivity contribution in [2.24, 2.45) is 0 Å². The van der Waals surface area contributed by atoms with Crippen molar-refractivity contribution in [3.8, 4) is 0 Å². The molecule has 0 aliphatic rings. The average Bonchev–Trinajstić information content (AvgIpc) is 2.34. The Labute approximate surface area is 125 Å². The Hall–Kier alpha value is -0.770. The first kappa shape index (κ1) is 19.2. The van der Waals surface area contributed by atoms with Crippen LogP contribution in [0.5, 0.6) is 0 Å². The van der Waals surface area contributed by atoms with Crippen molar-refractivity contribution < 1.29 is 9.53 Å². The minimum Gasteiger partial charge on any atom is -0.444 e. The molecule has 0 aliphatic carbocycles.